The fraction of sp³-hybridized carbons (Fsp3) is 0.273. The number of imide groups is 1. The summed E-state index contributed by atoms with van der Waals surface area (Å²) in [6.45, 7) is 4.77. The first-order valence-corrected chi connectivity index (χ1v) is 9.33. The molecule has 6 nitrogen and oxygen atoms in total. The molecule has 0 fully saturated rings. The number of benzene rings is 2. The Morgan fingerprint density at radius 3 is 2.36 bits per heavy atom. The topological polar surface area (TPSA) is 67.9 Å². The van der Waals surface area contributed by atoms with E-state index in [-0.39, 0.29) is 17.5 Å². The molecule has 0 atom stereocenters. The van der Waals surface area contributed by atoms with Crippen LogP contribution in [0.2, 0.25) is 0 Å². The molecular weight excluding hydrogens is 356 g/mol. The molecule has 2 aromatic carbocycles. The molecule has 1 heterocycles. The molecule has 0 aliphatic carbocycles. The summed E-state index contributed by atoms with van der Waals surface area (Å²) < 4.78 is 10.7. The van der Waals surface area contributed by atoms with Crippen molar-refractivity contribution in [1.29, 1.82) is 0 Å². The van der Waals surface area contributed by atoms with Crippen molar-refractivity contribution in [3.05, 3.63) is 59.8 Å². The smallest absolute Gasteiger partial charge is 0.278 e. The quantitative estimate of drug-likeness (QED) is 0.708. The summed E-state index contributed by atoms with van der Waals surface area (Å²) in [6, 6.07) is 14.4. The number of anilines is 1. The van der Waals surface area contributed by atoms with Crippen LogP contribution in [0.15, 0.2) is 54.2 Å². The Balaban J connectivity index is 2.02. The fourth-order valence-electron chi connectivity index (χ4n) is 3.12. The van der Waals surface area contributed by atoms with Gasteiger partial charge in [-0.2, -0.15) is 0 Å². The monoisotopic (exact) mass is 380 g/mol. The predicted octanol–water partition coefficient (Wildman–Crippen LogP) is 3.70. The predicted molar refractivity (Wildman–Crippen MR) is 108 cm³/mol. The highest BCUT2D eigenvalue weighted by Crippen LogP contribution is 2.32. The Morgan fingerprint density at radius 2 is 1.71 bits per heavy atom. The van der Waals surface area contributed by atoms with E-state index in [2.05, 4.69) is 5.32 Å². The number of methoxy groups -OCH3 is 1. The van der Waals surface area contributed by atoms with Crippen molar-refractivity contribution >= 4 is 23.1 Å². The Hall–Kier alpha value is -3.28. The number of ether oxygens (including phenoxy) is 2. The molecule has 1 aliphatic rings. The molecule has 1 N–H and O–H groups in total. The van der Waals surface area contributed by atoms with Gasteiger partial charge >= 0.3 is 0 Å². The lowest BCUT2D eigenvalue weighted by Crippen LogP contribution is -2.33. The minimum absolute atomic E-state index is 0.275. The molecule has 0 bridgehead atoms. The summed E-state index contributed by atoms with van der Waals surface area (Å²) in [5.74, 6) is 0.770. The Morgan fingerprint density at radius 1 is 0.964 bits per heavy atom. The van der Waals surface area contributed by atoms with E-state index < -0.39 is 0 Å². The Kier molecular flexibility index (Phi) is 5.99. The van der Waals surface area contributed by atoms with Crippen molar-refractivity contribution in [3.63, 3.8) is 0 Å². The zero-order valence-electron chi connectivity index (χ0n) is 16.3. The number of hydrogen-bond acceptors (Lipinski definition) is 5. The van der Waals surface area contributed by atoms with Gasteiger partial charge < -0.3 is 14.8 Å². The van der Waals surface area contributed by atoms with Crippen molar-refractivity contribution in [2.45, 2.75) is 20.3 Å². The number of nitrogens with one attached hydrogen (secondary N) is 1. The van der Waals surface area contributed by atoms with E-state index in [1.807, 2.05) is 38.1 Å². The van der Waals surface area contributed by atoms with Gasteiger partial charge in [-0.1, -0.05) is 25.1 Å². The second kappa shape index (κ2) is 8.61. The van der Waals surface area contributed by atoms with Gasteiger partial charge in [-0.25, -0.2) is 0 Å². The first kappa shape index (κ1) is 19.5. The maximum Gasteiger partial charge on any atom is 0.278 e. The second-order valence-corrected chi connectivity index (χ2v) is 6.33. The zero-order valence-corrected chi connectivity index (χ0v) is 16.3. The molecule has 0 spiro atoms. The molecule has 0 unspecified atom stereocenters. The average molecular weight is 380 g/mol. The molecule has 2 aromatic rings. The van der Waals surface area contributed by atoms with Crippen LogP contribution < -0.4 is 14.8 Å². The largest absolute Gasteiger partial charge is 0.497 e. The molecular formula is C22H24N2O4. The lowest BCUT2D eigenvalue weighted by molar-refractivity contribution is -0.136. The molecule has 3 rings (SSSR count). The molecule has 6 heteroatoms. The van der Waals surface area contributed by atoms with Crippen LogP contribution in [0.3, 0.4) is 0 Å². The second-order valence-electron chi connectivity index (χ2n) is 6.33. The SMILES string of the molecule is CCCN1C(=O)C(Nc2cccc(OCC)c2)=C(c2ccc(OC)cc2)C1=O. The van der Waals surface area contributed by atoms with Crippen molar-refractivity contribution in [1.82, 2.24) is 4.90 Å². The van der Waals surface area contributed by atoms with Crippen LogP contribution in [0.5, 0.6) is 11.5 Å². The van der Waals surface area contributed by atoms with Gasteiger partial charge in [0, 0.05) is 18.3 Å². The summed E-state index contributed by atoms with van der Waals surface area (Å²) in [4.78, 5) is 27.2. The molecule has 2 amide bonds. The number of carbonyl (C=O) groups is 2. The van der Waals surface area contributed by atoms with Crippen molar-refractivity contribution in [2.24, 2.45) is 0 Å². The van der Waals surface area contributed by atoms with E-state index in [4.69, 9.17) is 9.47 Å². The van der Waals surface area contributed by atoms with Crippen LogP contribution in [0.25, 0.3) is 5.57 Å². The van der Waals surface area contributed by atoms with E-state index in [1.165, 1.54) is 4.90 Å². The summed E-state index contributed by atoms with van der Waals surface area (Å²) in [6.07, 6.45) is 0.695. The number of amides is 2. The third-order valence-corrected chi connectivity index (χ3v) is 4.41. The van der Waals surface area contributed by atoms with Gasteiger partial charge in [0.05, 0.1) is 19.3 Å². The highest BCUT2D eigenvalue weighted by molar-refractivity contribution is 6.36. The molecule has 1 aliphatic heterocycles. The van der Waals surface area contributed by atoms with Crippen LogP contribution in [0, 0.1) is 0 Å². The number of rotatable bonds is 8. The molecule has 146 valence electrons. The number of hydrogen-bond donors (Lipinski definition) is 1. The zero-order chi connectivity index (χ0) is 20.1. The lowest BCUT2D eigenvalue weighted by Gasteiger charge is -2.14. The minimum Gasteiger partial charge on any atom is -0.497 e. The summed E-state index contributed by atoms with van der Waals surface area (Å²) in [5.41, 5.74) is 1.99. The van der Waals surface area contributed by atoms with Crippen LogP contribution >= 0.6 is 0 Å². The maximum atomic E-state index is 13.0. The van der Waals surface area contributed by atoms with Gasteiger partial charge in [0.1, 0.15) is 17.2 Å². The molecule has 0 saturated heterocycles. The van der Waals surface area contributed by atoms with Gasteiger partial charge in [-0.3, -0.25) is 14.5 Å². The summed E-state index contributed by atoms with van der Waals surface area (Å²) in [5, 5.41) is 3.14. The molecule has 0 radical (unpaired) electrons. The minimum atomic E-state index is -0.320. The van der Waals surface area contributed by atoms with Crippen molar-refractivity contribution in [2.75, 3.05) is 25.6 Å². The number of nitrogens with zero attached hydrogens (tertiary/aromatic N) is 1. The fourth-order valence-corrected chi connectivity index (χ4v) is 3.12. The normalized spacial score (nSPS) is 13.9. The van der Waals surface area contributed by atoms with Crippen LogP contribution in [-0.4, -0.2) is 37.0 Å². The molecule has 28 heavy (non-hydrogen) atoms. The van der Waals surface area contributed by atoms with E-state index in [0.717, 1.165) is 0 Å². The first-order valence-electron chi connectivity index (χ1n) is 9.33. The third-order valence-electron chi connectivity index (χ3n) is 4.41. The van der Waals surface area contributed by atoms with E-state index in [0.29, 0.717) is 47.9 Å². The van der Waals surface area contributed by atoms with Gasteiger partial charge in [-0.15, -0.1) is 0 Å². The highest BCUT2D eigenvalue weighted by atomic mass is 16.5. The van der Waals surface area contributed by atoms with E-state index in [9.17, 15) is 9.59 Å². The van der Waals surface area contributed by atoms with E-state index >= 15 is 0 Å². The lowest BCUT2D eigenvalue weighted by atomic mass is 10.0. The standard InChI is InChI=1S/C22H24N2O4/c1-4-13-24-21(25)19(15-9-11-17(27-3)12-10-15)20(22(24)26)23-16-7-6-8-18(14-16)28-5-2/h6-12,14,23H,4-5,13H2,1-3H3. The summed E-state index contributed by atoms with van der Waals surface area (Å²) >= 11 is 0. The highest BCUT2D eigenvalue weighted by Gasteiger charge is 2.38. The third kappa shape index (κ3) is 3.86. The average Bonchev–Trinajstić information content (AvgIpc) is 2.93. The van der Waals surface area contributed by atoms with Crippen molar-refractivity contribution in [3.8, 4) is 11.5 Å². The molecule has 0 aromatic heterocycles. The van der Waals surface area contributed by atoms with Gasteiger partial charge in [-0.05, 0) is 43.2 Å². The van der Waals surface area contributed by atoms with E-state index in [1.54, 1.807) is 31.4 Å². The first-order chi connectivity index (χ1) is 13.6. The Bertz CT molecular complexity index is 903. The van der Waals surface area contributed by atoms with Gasteiger partial charge in [0.2, 0.25) is 0 Å². The van der Waals surface area contributed by atoms with Crippen LogP contribution in [0.1, 0.15) is 25.8 Å². The summed E-state index contributed by atoms with van der Waals surface area (Å²) in [7, 11) is 1.58. The van der Waals surface area contributed by atoms with Crippen molar-refractivity contribution < 1.29 is 19.1 Å². The van der Waals surface area contributed by atoms with Gasteiger partial charge in [0.25, 0.3) is 11.8 Å². The number of carbonyl (C=O) groups excluding carboxylic acids is 2. The van der Waals surface area contributed by atoms with Crippen LogP contribution in [-0.2, 0) is 9.59 Å². The maximum absolute atomic E-state index is 13.0. The van der Waals surface area contributed by atoms with Gasteiger partial charge in [0.15, 0.2) is 0 Å². The van der Waals surface area contributed by atoms with Crippen LogP contribution in [0.4, 0.5) is 5.69 Å². The Labute approximate surface area is 164 Å². The molecule has 0 saturated carbocycles.